The second-order valence-electron chi connectivity index (χ2n) is 5.40. The minimum Gasteiger partial charge on any atom is -0.340 e. The summed E-state index contributed by atoms with van der Waals surface area (Å²) < 4.78 is 39.7. The first-order valence-corrected chi connectivity index (χ1v) is 7.00. The summed E-state index contributed by atoms with van der Waals surface area (Å²) in [6.45, 7) is 3.45. The lowest BCUT2D eigenvalue weighted by Crippen LogP contribution is -2.51. The monoisotopic (exact) mass is 300 g/mol. The molecule has 3 nitrogen and oxygen atoms in total. The number of piperazine rings is 1. The van der Waals surface area contributed by atoms with Gasteiger partial charge in [0.05, 0.1) is 5.92 Å². The molecule has 1 amide bonds. The third kappa shape index (κ3) is 4.20. The van der Waals surface area contributed by atoms with Gasteiger partial charge in [0.1, 0.15) is 0 Å². The largest absolute Gasteiger partial charge is 0.396 e. The SMILES string of the molecule is CC1CN(C(=O)CC(c2ccccc2)C(F)(F)F)CCN1. The summed E-state index contributed by atoms with van der Waals surface area (Å²) in [4.78, 5) is 13.7. The third-order valence-electron chi connectivity index (χ3n) is 3.70. The number of carbonyl (C=O) groups excluding carboxylic acids is 1. The van der Waals surface area contributed by atoms with Gasteiger partial charge in [0, 0.05) is 32.1 Å². The number of nitrogens with one attached hydrogen (secondary N) is 1. The van der Waals surface area contributed by atoms with Crippen molar-refractivity contribution in [3.05, 3.63) is 35.9 Å². The van der Waals surface area contributed by atoms with Gasteiger partial charge >= 0.3 is 6.18 Å². The van der Waals surface area contributed by atoms with Crippen LogP contribution in [-0.2, 0) is 4.79 Å². The summed E-state index contributed by atoms with van der Waals surface area (Å²) in [5, 5.41) is 3.17. The van der Waals surface area contributed by atoms with Gasteiger partial charge in [-0.3, -0.25) is 4.79 Å². The number of carbonyl (C=O) groups is 1. The molecular formula is C15H19F3N2O. The van der Waals surface area contributed by atoms with Crippen LogP contribution in [0.2, 0.25) is 0 Å². The van der Waals surface area contributed by atoms with Crippen molar-refractivity contribution in [1.29, 1.82) is 0 Å². The van der Waals surface area contributed by atoms with E-state index in [2.05, 4.69) is 5.32 Å². The highest BCUT2D eigenvalue weighted by molar-refractivity contribution is 5.77. The third-order valence-corrected chi connectivity index (χ3v) is 3.70. The number of amides is 1. The number of halogens is 3. The molecule has 1 N–H and O–H groups in total. The van der Waals surface area contributed by atoms with Gasteiger partial charge in [0.2, 0.25) is 5.91 Å². The Kier molecular flexibility index (Phi) is 4.88. The Morgan fingerprint density at radius 1 is 1.38 bits per heavy atom. The van der Waals surface area contributed by atoms with Crippen LogP contribution in [0, 0.1) is 0 Å². The van der Waals surface area contributed by atoms with Crippen LogP contribution in [0.15, 0.2) is 30.3 Å². The van der Waals surface area contributed by atoms with E-state index in [-0.39, 0.29) is 11.6 Å². The topological polar surface area (TPSA) is 32.3 Å². The molecule has 1 fully saturated rings. The summed E-state index contributed by atoms with van der Waals surface area (Å²) in [5.41, 5.74) is 0.140. The van der Waals surface area contributed by atoms with Gasteiger partial charge in [-0.2, -0.15) is 13.2 Å². The fourth-order valence-corrected chi connectivity index (χ4v) is 2.57. The molecule has 0 aromatic heterocycles. The number of rotatable bonds is 3. The lowest BCUT2D eigenvalue weighted by atomic mass is 9.94. The van der Waals surface area contributed by atoms with E-state index in [1.54, 1.807) is 18.2 Å². The van der Waals surface area contributed by atoms with E-state index >= 15 is 0 Å². The number of nitrogens with zero attached hydrogens (tertiary/aromatic N) is 1. The van der Waals surface area contributed by atoms with Crippen molar-refractivity contribution in [2.45, 2.75) is 31.5 Å². The average Bonchev–Trinajstić information content (AvgIpc) is 2.44. The molecule has 0 aliphatic carbocycles. The number of hydrogen-bond acceptors (Lipinski definition) is 2. The molecular weight excluding hydrogens is 281 g/mol. The molecule has 1 aliphatic rings. The standard InChI is InChI=1S/C15H19F3N2O/c1-11-10-20(8-7-19-11)14(21)9-13(15(16,17)18)12-5-3-2-4-6-12/h2-6,11,13,19H,7-10H2,1H3. The smallest absolute Gasteiger partial charge is 0.340 e. The number of alkyl halides is 3. The Balaban J connectivity index is 2.10. The lowest BCUT2D eigenvalue weighted by molar-refractivity contribution is -0.161. The zero-order valence-corrected chi connectivity index (χ0v) is 11.9. The van der Waals surface area contributed by atoms with Crippen LogP contribution < -0.4 is 5.32 Å². The molecule has 2 rings (SSSR count). The van der Waals surface area contributed by atoms with E-state index in [9.17, 15) is 18.0 Å². The molecule has 116 valence electrons. The molecule has 21 heavy (non-hydrogen) atoms. The highest BCUT2D eigenvalue weighted by Gasteiger charge is 2.42. The number of hydrogen-bond donors (Lipinski definition) is 1. The maximum atomic E-state index is 13.2. The Morgan fingerprint density at radius 3 is 2.62 bits per heavy atom. The van der Waals surface area contributed by atoms with Crippen molar-refractivity contribution in [3.63, 3.8) is 0 Å². The van der Waals surface area contributed by atoms with E-state index in [4.69, 9.17) is 0 Å². The normalized spacial score (nSPS) is 21.1. The lowest BCUT2D eigenvalue weighted by Gasteiger charge is -2.33. The molecule has 1 aliphatic heterocycles. The van der Waals surface area contributed by atoms with E-state index in [0.717, 1.165) is 0 Å². The number of benzene rings is 1. The van der Waals surface area contributed by atoms with Crippen LogP contribution in [0.3, 0.4) is 0 Å². The molecule has 1 aromatic carbocycles. The highest BCUT2D eigenvalue weighted by Crippen LogP contribution is 2.37. The van der Waals surface area contributed by atoms with Gasteiger partial charge in [-0.25, -0.2) is 0 Å². The molecule has 2 unspecified atom stereocenters. The van der Waals surface area contributed by atoms with Crippen LogP contribution in [-0.4, -0.2) is 42.7 Å². The van der Waals surface area contributed by atoms with Crippen LogP contribution in [0.1, 0.15) is 24.8 Å². The summed E-state index contributed by atoms with van der Waals surface area (Å²) >= 11 is 0. The fourth-order valence-electron chi connectivity index (χ4n) is 2.57. The minimum atomic E-state index is -4.42. The maximum absolute atomic E-state index is 13.2. The van der Waals surface area contributed by atoms with Gasteiger partial charge in [-0.1, -0.05) is 30.3 Å². The first-order valence-electron chi connectivity index (χ1n) is 7.00. The molecule has 1 heterocycles. The van der Waals surface area contributed by atoms with Crippen molar-refractivity contribution in [1.82, 2.24) is 10.2 Å². The molecule has 0 radical (unpaired) electrons. The molecule has 2 atom stereocenters. The predicted octanol–water partition coefficient (Wildman–Crippen LogP) is 2.54. The van der Waals surface area contributed by atoms with Gasteiger partial charge in [-0.15, -0.1) is 0 Å². The maximum Gasteiger partial charge on any atom is 0.396 e. The summed E-state index contributed by atoms with van der Waals surface area (Å²) in [7, 11) is 0. The Bertz CT molecular complexity index is 476. The van der Waals surface area contributed by atoms with Crippen LogP contribution in [0.25, 0.3) is 0 Å². The van der Waals surface area contributed by atoms with E-state index in [1.807, 2.05) is 6.92 Å². The predicted molar refractivity (Wildman–Crippen MR) is 73.9 cm³/mol. The van der Waals surface area contributed by atoms with Gasteiger partial charge in [0.15, 0.2) is 0 Å². The molecule has 1 saturated heterocycles. The van der Waals surface area contributed by atoms with Crippen LogP contribution in [0.4, 0.5) is 13.2 Å². The van der Waals surface area contributed by atoms with Crippen LogP contribution in [0.5, 0.6) is 0 Å². The molecule has 0 saturated carbocycles. The van der Waals surface area contributed by atoms with Crippen molar-refractivity contribution < 1.29 is 18.0 Å². The minimum absolute atomic E-state index is 0.115. The van der Waals surface area contributed by atoms with Crippen molar-refractivity contribution >= 4 is 5.91 Å². The van der Waals surface area contributed by atoms with E-state index in [1.165, 1.54) is 17.0 Å². The summed E-state index contributed by atoms with van der Waals surface area (Å²) in [5.74, 6) is -2.18. The molecule has 0 spiro atoms. The molecule has 6 heteroatoms. The zero-order chi connectivity index (χ0) is 15.5. The average molecular weight is 300 g/mol. The summed E-state index contributed by atoms with van der Waals surface area (Å²) in [6.07, 6.45) is -4.95. The van der Waals surface area contributed by atoms with Crippen LogP contribution >= 0.6 is 0 Å². The second-order valence-corrected chi connectivity index (χ2v) is 5.40. The van der Waals surface area contributed by atoms with Crippen molar-refractivity contribution in [3.8, 4) is 0 Å². The highest BCUT2D eigenvalue weighted by atomic mass is 19.4. The Hall–Kier alpha value is -1.56. The Labute approximate surface area is 122 Å². The van der Waals surface area contributed by atoms with Crippen molar-refractivity contribution in [2.24, 2.45) is 0 Å². The second kappa shape index (κ2) is 6.47. The summed E-state index contributed by atoms with van der Waals surface area (Å²) in [6, 6.07) is 7.74. The van der Waals surface area contributed by atoms with Crippen molar-refractivity contribution in [2.75, 3.05) is 19.6 Å². The quantitative estimate of drug-likeness (QED) is 0.930. The fraction of sp³-hybridized carbons (Fsp3) is 0.533. The Morgan fingerprint density at radius 2 is 2.05 bits per heavy atom. The van der Waals surface area contributed by atoms with E-state index in [0.29, 0.717) is 19.6 Å². The first kappa shape index (κ1) is 15.8. The van der Waals surface area contributed by atoms with Gasteiger partial charge in [0.25, 0.3) is 0 Å². The van der Waals surface area contributed by atoms with Gasteiger partial charge in [-0.05, 0) is 12.5 Å². The first-order chi connectivity index (χ1) is 9.88. The van der Waals surface area contributed by atoms with Gasteiger partial charge < -0.3 is 10.2 Å². The molecule has 1 aromatic rings. The van der Waals surface area contributed by atoms with E-state index < -0.39 is 24.4 Å². The zero-order valence-electron chi connectivity index (χ0n) is 11.9. The molecule has 0 bridgehead atoms.